The summed E-state index contributed by atoms with van der Waals surface area (Å²) in [4.78, 5) is 13.3. The first-order valence-corrected chi connectivity index (χ1v) is 5.30. The van der Waals surface area contributed by atoms with Gasteiger partial charge in [-0.3, -0.25) is 10.2 Å². The normalized spacial score (nSPS) is 12.9. The molecular weight excluding hydrogens is 178 g/mol. The molecule has 0 heterocycles. The van der Waals surface area contributed by atoms with E-state index < -0.39 is 0 Å². The summed E-state index contributed by atoms with van der Waals surface area (Å²) in [7, 11) is 2.04. The maximum atomic E-state index is 11.1. The Morgan fingerprint density at radius 1 is 1.50 bits per heavy atom. The third kappa shape index (κ3) is 5.94. The fourth-order valence-electron chi connectivity index (χ4n) is 1.42. The lowest BCUT2D eigenvalue weighted by Crippen LogP contribution is -2.39. The number of carbonyl (C=O) groups is 1. The Labute approximate surface area is 86.8 Å². The van der Waals surface area contributed by atoms with Crippen LogP contribution in [0.4, 0.5) is 0 Å². The molecule has 0 aromatic heterocycles. The molecule has 1 unspecified atom stereocenters. The molecule has 0 saturated heterocycles. The first-order chi connectivity index (χ1) is 6.61. The first-order valence-electron chi connectivity index (χ1n) is 5.30. The number of nitrogens with two attached hydrogens (primary N) is 1. The van der Waals surface area contributed by atoms with E-state index in [1.165, 1.54) is 19.3 Å². The molecule has 0 radical (unpaired) electrons. The topological polar surface area (TPSA) is 58.4 Å². The van der Waals surface area contributed by atoms with Crippen LogP contribution in [0.3, 0.4) is 0 Å². The Morgan fingerprint density at radius 2 is 2.14 bits per heavy atom. The van der Waals surface area contributed by atoms with E-state index in [0.717, 1.165) is 13.1 Å². The largest absolute Gasteiger partial charge is 0.306 e. The zero-order valence-corrected chi connectivity index (χ0v) is 9.55. The molecule has 0 rings (SSSR count). The summed E-state index contributed by atoms with van der Waals surface area (Å²) < 4.78 is 0. The number of unbranched alkanes of at least 4 members (excludes halogenated alkanes) is 2. The van der Waals surface area contributed by atoms with Gasteiger partial charge in [-0.25, -0.2) is 5.84 Å². The number of rotatable bonds is 7. The number of hydrazine groups is 1. The van der Waals surface area contributed by atoms with Gasteiger partial charge in [-0.1, -0.05) is 26.7 Å². The predicted molar refractivity (Wildman–Crippen MR) is 58.5 cm³/mol. The molecule has 0 aromatic rings. The lowest BCUT2D eigenvalue weighted by atomic mass is 10.1. The van der Waals surface area contributed by atoms with Crippen LogP contribution in [0.5, 0.6) is 0 Å². The fraction of sp³-hybridized carbons (Fsp3) is 0.900. The van der Waals surface area contributed by atoms with Crippen molar-refractivity contribution in [2.45, 2.75) is 33.1 Å². The molecule has 0 aliphatic heterocycles. The van der Waals surface area contributed by atoms with E-state index in [-0.39, 0.29) is 11.8 Å². The lowest BCUT2D eigenvalue weighted by Gasteiger charge is -2.19. The number of nitrogens with zero attached hydrogens (tertiary/aromatic N) is 1. The van der Waals surface area contributed by atoms with Gasteiger partial charge >= 0.3 is 0 Å². The molecule has 0 bridgehead atoms. The number of carbonyl (C=O) groups excluding carboxylic acids is 1. The van der Waals surface area contributed by atoms with Crippen LogP contribution in [0.15, 0.2) is 0 Å². The third-order valence-corrected chi connectivity index (χ3v) is 2.32. The second kappa shape index (κ2) is 7.76. The first kappa shape index (κ1) is 13.4. The van der Waals surface area contributed by atoms with Crippen molar-refractivity contribution in [2.24, 2.45) is 11.8 Å². The summed E-state index contributed by atoms with van der Waals surface area (Å²) in [6.07, 6.45) is 3.68. The summed E-state index contributed by atoms with van der Waals surface area (Å²) in [6, 6.07) is 0. The maximum absolute atomic E-state index is 11.1. The van der Waals surface area contributed by atoms with Crippen LogP contribution in [0.1, 0.15) is 33.1 Å². The van der Waals surface area contributed by atoms with Crippen molar-refractivity contribution in [1.29, 1.82) is 0 Å². The highest BCUT2D eigenvalue weighted by Crippen LogP contribution is 2.01. The van der Waals surface area contributed by atoms with Crippen LogP contribution in [-0.4, -0.2) is 30.9 Å². The minimum absolute atomic E-state index is 0.0355. The molecule has 4 nitrogen and oxygen atoms in total. The van der Waals surface area contributed by atoms with E-state index in [2.05, 4.69) is 17.2 Å². The summed E-state index contributed by atoms with van der Waals surface area (Å²) in [5.74, 6) is 4.93. The van der Waals surface area contributed by atoms with Gasteiger partial charge < -0.3 is 4.90 Å². The molecule has 84 valence electrons. The smallest absolute Gasteiger partial charge is 0.237 e. The van der Waals surface area contributed by atoms with Crippen molar-refractivity contribution in [1.82, 2.24) is 10.3 Å². The van der Waals surface area contributed by atoms with E-state index in [1.54, 1.807) is 0 Å². The molecule has 4 heteroatoms. The van der Waals surface area contributed by atoms with Crippen LogP contribution in [-0.2, 0) is 4.79 Å². The van der Waals surface area contributed by atoms with Gasteiger partial charge in [-0.15, -0.1) is 0 Å². The van der Waals surface area contributed by atoms with Crippen molar-refractivity contribution in [3.05, 3.63) is 0 Å². The Balaban J connectivity index is 3.59. The maximum Gasteiger partial charge on any atom is 0.237 e. The van der Waals surface area contributed by atoms with Gasteiger partial charge in [0, 0.05) is 12.5 Å². The van der Waals surface area contributed by atoms with Gasteiger partial charge in [0.15, 0.2) is 0 Å². The van der Waals surface area contributed by atoms with Crippen molar-refractivity contribution in [2.75, 3.05) is 20.1 Å². The number of hydrogen-bond donors (Lipinski definition) is 2. The molecule has 14 heavy (non-hydrogen) atoms. The van der Waals surface area contributed by atoms with Crippen LogP contribution >= 0.6 is 0 Å². The van der Waals surface area contributed by atoms with Crippen molar-refractivity contribution >= 4 is 5.91 Å². The Morgan fingerprint density at radius 3 is 2.64 bits per heavy atom. The Kier molecular flexibility index (Phi) is 7.42. The molecule has 1 atom stereocenters. The SMILES string of the molecule is CCCCCN(C)CC(C)C(=O)NN. The van der Waals surface area contributed by atoms with Crippen LogP contribution in [0.25, 0.3) is 0 Å². The van der Waals surface area contributed by atoms with Gasteiger partial charge in [0.05, 0.1) is 0 Å². The van der Waals surface area contributed by atoms with Gasteiger partial charge in [-0.2, -0.15) is 0 Å². The van der Waals surface area contributed by atoms with E-state index in [4.69, 9.17) is 5.84 Å². The highest BCUT2D eigenvalue weighted by atomic mass is 16.2. The number of nitrogens with one attached hydrogen (secondary N) is 1. The zero-order valence-electron chi connectivity index (χ0n) is 9.55. The van der Waals surface area contributed by atoms with E-state index in [1.807, 2.05) is 14.0 Å². The molecule has 0 aromatic carbocycles. The number of amides is 1. The van der Waals surface area contributed by atoms with Gasteiger partial charge in [0.25, 0.3) is 0 Å². The molecule has 3 N–H and O–H groups in total. The van der Waals surface area contributed by atoms with Gasteiger partial charge in [0.2, 0.25) is 5.91 Å². The number of hydrogen-bond acceptors (Lipinski definition) is 3. The quantitative estimate of drug-likeness (QED) is 0.276. The second-order valence-electron chi connectivity index (χ2n) is 3.88. The minimum atomic E-state index is -0.0904. The average molecular weight is 201 g/mol. The van der Waals surface area contributed by atoms with Crippen molar-refractivity contribution < 1.29 is 4.79 Å². The fourth-order valence-corrected chi connectivity index (χ4v) is 1.42. The minimum Gasteiger partial charge on any atom is -0.306 e. The zero-order chi connectivity index (χ0) is 11.0. The summed E-state index contributed by atoms with van der Waals surface area (Å²) in [5, 5.41) is 0. The highest BCUT2D eigenvalue weighted by molar-refractivity contribution is 5.77. The molecule has 1 amide bonds. The molecule has 0 fully saturated rings. The van der Waals surface area contributed by atoms with Crippen molar-refractivity contribution in [3.63, 3.8) is 0 Å². The lowest BCUT2D eigenvalue weighted by molar-refractivity contribution is -0.125. The molecule has 0 saturated carbocycles. The molecule has 0 spiro atoms. The van der Waals surface area contributed by atoms with Gasteiger partial charge in [0.1, 0.15) is 0 Å². The Bertz CT molecular complexity index is 161. The van der Waals surface area contributed by atoms with Crippen LogP contribution < -0.4 is 11.3 Å². The Hall–Kier alpha value is -0.610. The molecule has 0 aliphatic carbocycles. The molecular formula is C10H23N3O. The second-order valence-corrected chi connectivity index (χ2v) is 3.88. The standard InChI is InChI=1S/C10H23N3O/c1-4-5-6-7-13(3)8-9(2)10(14)12-11/h9H,4-8,11H2,1-3H3,(H,12,14). The summed E-state index contributed by atoms with van der Waals surface area (Å²) >= 11 is 0. The monoisotopic (exact) mass is 201 g/mol. The summed E-state index contributed by atoms with van der Waals surface area (Å²) in [5.41, 5.74) is 2.17. The third-order valence-electron chi connectivity index (χ3n) is 2.32. The summed E-state index contributed by atoms with van der Waals surface area (Å²) in [6.45, 7) is 5.89. The van der Waals surface area contributed by atoms with E-state index >= 15 is 0 Å². The van der Waals surface area contributed by atoms with Crippen LogP contribution in [0.2, 0.25) is 0 Å². The van der Waals surface area contributed by atoms with E-state index in [0.29, 0.717) is 0 Å². The van der Waals surface area contributed by atoms with E-state index in [9.17, 15) is 4.79 Å². The van der Waals surface area contributed by atoms with Gasteiger partial charge in [-0.05, 0) is 20.0 Å². The average Bonchev–Trinajstić information content (AvgIpc) is 2.16. The predicted octanol–water partition coefficient (Wildman–Crippen LogP) is 0.734. The van der Waals surface area contributed by atoms with Crippen LogP contribution in [0, 0.1) is 5.92 Å². The highest BCUT2D eigenvalue weighted by Gasteiger charge is 2.13. The van der Waals surface area contributed by atoms with Crippen molar-refractivity contribution in [3.8, 4) is 0 Å². The molecule has 0 aliphatic rings.